The van der Waals surface area contributed by atoms with E-state index < -0.39 is 6.04 Å². The Hall–Kier alpha value is -2.82. The molecule has 3 rings (SSSR count). The minimum atomic E-state index is -0.481. The number of carbonyl (C=O) groups excluding carboxylic acids is 2. The van der Waals surface area contributed by atoms with E-state index in [4.69, 9.17) is 4.74 Å². The zero-order valence-corrected chi connectivity index (χ0v) is 12.8. The van der Waals surface area contributed by atoms with Gasteiger partial charge in [0.2, 0.25) is 5.91 Å². The van der Waals surface area contributed by atoms with Crippen molar-refractivity contribution in [1.82, 2.24) is 0 Å². The van der Waals surface area contributed by atoms with E-state index in [2.05, 4.69) is 10.6 Å². The molecule has 1 unspecified atom stereocenters. The highest BCUT2D eigenvalue weighted by atomic mass is 16.5. The van der Waals surface area contributed by atoms with Gasteiger partial charge in [-0.05, 0) is 29.3 Å². The summed E-state index contributed by atoms with van der Waals surface area (Å²) in [7, 11) is 1.38. The molecule has 2 N–H and O–H groups in total. The molecule has 1 atom stereocenters. The lowest BCUT2D eigenvalue weighted by molar-refractivity contribution is -0.141. The molecule has 0 saturated heterocycles. The van der Waals surface area contributed by atoms with E-state index in [0.29, 0.717) is 12.8 Å². The van der Waals surface area contributed by atoms with Crippen LogP contribution < -0.4 is 10.6 Å². The summed E-state index contributed by atoms with van der Waals surface area (Å²) in [5, 5.41) is 6.00. The number of carbonyl (C=O) groups is 2. The summed E-state index contributed by atoms with van der Waals surface area (Å²) >= 11 is 0. The van der Waals surface area contributed by atoms with E-state index in [1.54, 1.807) is 0 Å². The van der Waals surface area contributed by atoms with Crippen LogP contribution in [0.3, 0.4) is 0 Å². The fourth-order valence-corrected chi connectivity index (χ4v) is 2.71. The van der Waals surface area contributed by atoms with Crippen LogP contribution in [0.25, 0.3) is 0 Å². The minimum Gasteiger partial charge on any atom is -0.467 e. The highest BCUT2D eigenvalue weighted by molar-refractivity contribution is 5.99. The van der Waals surface area contributed by atoms with Crippen LogP contribution in [0, 0.1) is 0 Å². The Labute approximate surface area is 134 Å². The maximum absolute atomic E-state index is 12.1. The fourth-order valence-electron chi connectivity index (χ4n) is 2.71. The fraction of sp³-hybridized carbons (Fsp3) is 0.222. The molecule has 1 aliphatic heterocycles. The van der Waals surface area contributed by atoms with Gasteiger partial charge >= 0.3 is 5.97 Å². The Morgan fingerprint density at radius 2 is 2.04 bits per heavy atom. The normalized spacial score (nSPS) is 13.9. The molecule has 0 bridgehead atoms. The van der Waals surface area contributed by atoms with Crippen molar-refractivity contribution in [2.75, 3.05) is 17.7 Å². The summed E-state index contributed by atoms with van der Waals surface area (Å²) in [5.41, 5.74) is 3.61. The summed E-state index contributed by atoms with van der Waals surface area (Å²) in [6.07, 6.45) is 0.897. The standard InChI is InChI=1S/C18H18N2O3/c1-23-18(22)16(9-12-5-3-2-4-6-12)19-14-7-8-15-13(10-14)11-17(21)20-15/h2-8,10,16,19H,9,11H2,1H3,(H,20,21). The average molecular weight is 310 g/mol. The largest absolute Gasteiger partial charge is 0.467 e. The van der Waals surface area contributed by atoms with Crippen molar-refractivity contribution in [2.24, 2.45) is 0 Å². The second-order valence-corrected chi connectivity index (χ2v) is 5.51. The van der Waals surface area contributed by atoms with Gasteiger partial charge in [-0.15, -0.1) is 0 Å². The lowest BCUT2D eigenvalue weighted by atomic mass is 10.1. The topological polar surface area (TPSA) is 67.4 Å². The first-order valence-corrected chi connectivity index (χ1v) is 7.47. The van der Waals surface area contributed by atoms with Gasteiger partial charge in [0.15, 0.2) is 0 Å². The van der Waals surface area contributed by atoms with Crippen LogP contribution in [0.5, 0.6) is 0 Å². The van der Waals surface area contributed by atoms with Gasteiger partial charge in [0.1, 0.15) is 6.04 Å². The van der Waals surface area contributed by atoms with E-state index in [9.17, 15) is 9.59 Å². The Morgan fingerprint density at radius 1 is 1.26 bits per heavy atom. The molecule has 2 aromatic rings. The molecule has 5 heteroatoms. The Kier molecular flexibility index (Phi) is 4.28. The zero-order valence-electron chi connectivity index (χ0n) is 12.8. The third-order valence-electron chi connectivity index (χ3n) is 3.84. The predicted octanol–water partition coefficient (Wildman–Crippen LogP) is 2.38. The molecule has 0 aromatic heterocycles. The first-order chi connectivity index (χ1) is 11.2. The monoisotopic (exact) mass is 310 g/mol. The number of amides is 1. The number of rotatable bonds is 5. The average Bonchev–Trinajstić information content (AvgIpc) is 2.93. The first kappa shape index (κ1) is 15.1. The van der Waals surface area contributed by atoms with Crippen molar-refractivity contribution < 1.29 is 14.3 Å². The summed E-state index contributed by atoms with van der Waals surface area (Å²) in [4.78, 5) is 23.5. The Balaban J connectivity index is 1.78. The van der Waals surface area contributed by atoms with Gasteiger partial charge in [0, 0.05) is 17.8 Å². The van der Waals surface area contributed by atoms with Crippen molar-refractivity contribution in [2.45, 2.75) is 18.9 Å². The molecule has 1 heterocycles. The molecule has 5 nitrogen and oxygen atoms in total. The summed E-state index contributed by atoms with van der Waals surface area (Å²) in [5.74, 6) is -0.325. The number of anilines is 2. The van der Waals surface area contributed by atoms with Gasteiger partial charge < -0.3 is 15.4 Å². The van der Waals surface area contributed by atoms with E-state index in [0.717, 1.165) is 22.5 Å². The van der Waals surface area contributed by atoms with E-state index in [1.807, 2.05) is 48.5 Å². The molecule has 0 saturated carbocycles. The molecule has 23 heavy (non-hydrogen) atoms. The maximum Gasteiger partial charge on any atom is 0.328 e. The molecule has 118 valence electrons. The Morgan fingerprint density at radius 3 is 2.78 bits per heavy atom. The van der Waals surface area contributed by atoms with E-state index >= 15 is 0 Å². The van der Waals surface area contributed by atoms with E-state index in [-0.39, 0.29) is 11.9 Å². The highest BCUT2D eigenvalue weighted by Crippen LogP contribution is 2.26. The SMILES string of the molecule is COC(=O)C(Cc1ccccc1)Nc1ccc2c(c1)CC(=O)N2. The number of benzene rings is 2. The maximum atomic E-state index is 12.1. The number of methoxy groups -OCH3 is 1. The van der Waals surface area contributed by atoms with Crippen LogP contribution in [-0.2, 0) is 27.2 Å². The number of hydrogen-bond acceptors (Lipinski definition) is 4. The molecular formula is C18H18N2O3. The summed E-state index contributed by atoms with van der Waals surface area (Å²) in [6.45, 7) is 0. The third kappa shape index (κ3) is 3.51. The van der Waals surface area contributed by atoms with Gasteiger partial charge in [0.25, 0.3) is 0 Å². The molecule has 0 aliphatic carbocycles. The molecule has 2 aromatic carbocycles. The van der Waals surface area contributed by atoms with E-state index in [1.165, 1.54) is 7.11 Å². The van der Waals surface area contributed by atoms with Crippen LogP contribution in [0.4, 0.5) is 11.4 Å². The van der Waals surface area contributed by atoms with Crippen molar-refractivity contribution in [3.63, 3.8) is 0 Å². The van der Waals surface area contributed by atoms with Gasteiger partial charge in [-0.1, -0.05) is 30.3 Å². The number of hydrogen-bond donors (Lipinski definition) is 2. The number of esters is 1. The second kappa shape index (κ2) is 6.52. The molecule has 0 radical (unpaired) electrons. The van der Waals surface area contributed by atoms with Crippen molar-refractivity contribution in [3.05, 3.63) is 59.7 Å². The molecule has 1 amide bonds. The lowest BCUT2D eigenvalue weighted by Gasteiger charge is -2.18. The third-order valence-corrected chi connectivity index (χ3v) is 3.84. The summed E-state index contributed by atoms with van der Waals surface area (Å²) < 4.78 is 4.90. The zero-order chi connectivity index (χ0) is 16.2. The summed E-state index contributed by atoms with van der Waals surface area (Å²) in [6, 6.07) is 14.9. The number of nitrogens with one attached hydrogen (secondary N) is 2. The van der Waals surface area contributed by atoms with Crippen molar-refractivity contribution in [3.8, 4) is 0 Å². The number of fused-ring (bicyclic) bond motifs is 1. The van der Waals surface area contributed by atoms with Crippen LogP contribution in [0.15, 0.2) is 48.5 Å². The lowest BCUT2D eigenvalue weighted by Crippen LogP contribution is -2.32. The van der Waals surface area contributed by atoms with Crippen LogP contribution >= 0.6 is 0 Å². The molecule has 1 aliphatic rings. The van der Waals surface area contributed by atoms with Gasteiger partial charge in [-0.2, -0.15) is 0 Å². The quantitative estimate of drug-likeness (QED) is 0.832. The van der Waals surface area contributed by atoms with Crippen LogP contribution in [-0.4, -0.2) is 25.0 Å². The smallest absolute Gasteiger partial charge is 0.328 e. The van der Waals surface area contributed by atoms with Crippen LogP contribution in [0.2, 0.25) is 0 Å². The van der Waals surface area contributed by atoms with Crippen molar-refractivity contribution >= 4 is 23.3 Å². The van der Waals surface area contributed by atoms with Gasteiger partial charge in [-0.25, -0.2) is 4.79 Å². The molecule has 0 fully saturated rings. The molecular weight excluding hydrogens is 292 g/mol. The highest BCUT2D eigenvalue weighted by Gasteiger charge is 2.22. The van der Waals surface area contributed by atoms with Gasteiger partial charge in [-0.3, -0.25) is 4.79 Å². The first-order valence-electron chi connectivity index (χ1n) is 7.47. The van der Waals surface area contributed by atoms with Crippen LogP contribution in [0.1, 0.15) is 11.1 Å². The Bertz CT molecular complexity index is 728. The van der Waals surface area contributed by atoms with Crippen molar-refractivity contribution in [1.29, 1.82) is 0 Å². The molecule has 0 spiro atoms. The van der Waals surface area contributed by atoms with Gasteiger partial charge in [0.05, 0.1) is 13.5 Å². The predicted molar refractivity (Wildman–Crippen MR) is 88.3 cm³/mol. The number of ether oxygens (including phenoxy) is 1. The second-order valence-electron chi connectivity index (χ2n) is 5.51. The minimum absolute atomic E-state index is 0.00838.